The molecule has 6 heterocycles. The highest BCUT2D eigenvalue weighted by molar-refractivity contribution is 7.99. The molecule has 0 amide bonds. The molecule has 11 nitrogen and oxygen atoms in total. The van der Waals surface area contributed by atoms with Crippen molar-refractivity contribution in [2.75, 3.05) is 72.9 Å². The summed E-state index contributed by atoms with van der Waals surface area (Å²) in [4.78, 5) is 28.1. The Balaban J connectivity index is 1.06. The van der Waals surface area contributed by atoms with Crippen LogP contribution in [0.4, 0.5) is 26.1 Å². The number of nitrogens with two attached hydrogens (primary N) is 1. The highest BCUT2D eigenvalue weighted by Gasteiger charge is 2.25. The molecular formula is C26H27F2N9O2S2. The van der Waals surface area contributed by atoms with Crippen LogP contribution in [0.25, 0.3) is 27.6 Å². The third-order valence-electron chi connectivity index (χ3n) is 7.58. The smallest absolute Gasteiger partial charge is 0.309 e. The van der Waals surface area contributed by atoms with Gasteiger partial charge < -0.3 is 20.0 Å². The number of furan rings is 1. The summed E-state index contributed by atoms with van der Waals surface area (Å²) in [5.41, 5.74) is 8.02. The van der Waals surface area contributed by atoms with Crippen molar-refractivity contribution in [3.8, 4) is 11.6 Å². The molecule has 0 aliphatic carbocycles. The van der Waals surface area contributed by atoms with Gasteiger partial charge in [0.25, 0.3) is 0 Å². The summed E-state index contributed by atoms with van der Waals surface area (Å²) in [7, 11) is 0. The number of piperazine rings is 1. The van der Waals surface area contributed by atoms with E-state index in [-0.39, 0.29) is 10.8 Å². The van der Waals surface area contributed by atoms with Crippen LogP contribution >= 0.6 is 23.1 Å². The average molecular weight is 600 g/mol. The van der Waals surface area contributed by atoms with Crippen molar-refractivity contribution < 1.29 is 13.2 Å². The van der Waals surface area contributed by atoms with Crippen LogP contribution in [0.1, 0.15) is 0 Å². The summed E-state index contributed by atoms with van der Waals surface area (Å²) in [6.45, 7) is 5.09. The van der Waals surface area contributed by atoms with Crippen molar-refractivity contribution >= 4 is 56.4 Å². The van der Waals surface area contributed by atoms with E-state index in [1.165, 1.54) is 10.8 Å². The van der Waals surface area contributed by atoms with Gasteiger partial charge in [0.2, 0.25) is 11.8 Å². The van der Waals surface area contributed by atoms with Crippen LogP contribution in [0.2, 0.25) is 0 Å². The molecule has 0 radical (unpaired) electrons. The zero-order valence-corrected chi connectivity index (χ0v) is 23.6. The monoisotopic (exact) mass is 599 g/mol. The molecular weight excluding hydrogens is 572 g/mol. The number of halogens is 2. The highest BCUT2D eigenvalue weighted by Crippen LogP contribution is 2.31. The Morgan fingerprint density at radius 2 is 1.66 bits per heavy atom. The molecule has 2 aliphatic rings. The van der Waals surface area contributed by atoms with Crippen LogP contribution in [-0.4, -0.2) is 86.4 Å². The second kappa shape index (κ2) is 10.6. The fourth-order valence-electron chi connectivity index (χ4n) is 5.41. The Morgan fingerprint density at radius 1 is 0.927 bits per heavy atom. The van der Waals surface area contributed by atoms with Crippen molar-refractivity contribution in [3.05, 3.63) is 51.8 Å². The molecule has 0 bridgehead atoms. The summed E-state index contributed by atoms with van der Waals surface area (Å²) in [6.07, 6.45) is 1.54. The Morgan fingerprint density at radius 3 is 2.37 bits per heavy atom. The fraction of sp³-hybridized carbons (Fsp3) is 0.385. The molecule has 0 spiro atoms. The van der Waals surface area contributed by atoms with Gasteiger partial charge in [0.15, 0.2) is 17.1 Å². The summed E-state index contributed by atoms with van der Waals surface area (Å²) < 4.78 is 38.5. The number of benzene rings is 1. The number of thiazole rings is 1. The molecule has 214 valence electrons. The molecule has 2 fully saturated rings. The quantitative estimate of drug-likeness (QED) is 0.313. The first kappa shape index (κ1) is 26.2. The predicted molar refractivity (Wildman–Crippen MR) is 157 cm³/mol. The molecule has 4 aromatic heterocycles. The minimum absolute atomic E-state index is 0.127. The zero-order valence-electron chi connectivity index (χ0n) is 22.0. The lowest BCUT2D eigenvalue weighted by atomic mass is 10.2. The molecule has 5 aromatic rings. The number of nitrogens with zero attached hydrogens (tertiary/aromatic N) is 8. The average Bonchev–Trinajstić information content (AvgIpc) is 3.73. The minimum atomic E-state index is -0.541. The predicted octanol–water partition coefficient (Wildman–Crippen LogP) is 3.00. The normalized spacial score (nSPS) is 16.8. The third kappa shape index (κ3) is 4.81. The van der Waals surface area contributed by atoms with Gasteiger partial charge in [0.05, 0.1) is 17.6 Å². The van der Waals surface area contributed by atoms with Gasteiger partial charge >= 0.3 is 4.87 Å². The molecule has 2 N–H and O–H groups in total. The third-order valence-corrected chi connectivity index (χ3v) is 9.49. The lowest BCUT2D eigenvalue weighted by Crippen LogP contribution is -2.47. The van der Waals surface area contributed by atoms with E-state index >= 15 is 0 Å². The second-order valence-corrected chi connectivity index (χ2v) is 12.2. The first-order valence-corrected chi connectivity index (χ1v) is 15.3. The van der Waals surface area contributed by atoms with Gasteiger partial charge in [-0.25, -0.2) is 13.8 Å². The maximum Gasteiger partial charge on any atom is 0.309 e. The van der Waals surface area contributed by atoms with E-state index in [0.29, 0.717) is 78.2 Å². The standard InChI is InChI=1S/C26H27F2N9O2S2/c27-16-14-17(28)19(35-9-12-40-13-10-35)15-18(16)34-6-3-33(4-7-34)5-8-36-23-21(41-26(36)38)24-30-22(20-2-1-11-39-20)32-37(24)25(29)31-23/h1-2,11,14-15H,3-10,12-13H2,(H2,29,31). The van der Waals surface area contributed by atoms with Crippen molar-refractivity contribution in [2.24, 2.45) is 0 Å². The van der Waals surface area contributed by atoms with Crippen LogP contribution in [0, 0.1) is 11.6 Å². The highest BCUT2D eigenvalue weighted by atomic mass is 32.2. The zero-order chi connectivity index (χ0) is 28.1. The molecule has 2 saturated heterocycles. The minimum Gasteiger partial charge on any atom is -0.461 e. The largest absolute Gasteiger partial charge is 0.461 e. The maximum atomic E-state index is 14.8. The number of rotatable bonds is 6. The van der Waals surface area contributed by atoms with Gasteiger partial charge in [0.1, 0.15) is 16.3 Å². The number of hydrogen-bond acceptors (Lipinski definition) is 11. The number of aromatic nitrogens is 5. The maximum absolute atomic E-state index is 14.8. The molecule has 1 aromatic carbocycles. The van der Waals surface area contributed by atoms with E-state index in [4.69, 9.17) is 10.2 Å². The lowest BCUT2D eigenvalue weighted by molar-refractivity contribution is 0.248. The van der Waals surface area contributed by atoms with Crippen LogP contribution in [0.3, 0.4) is 0 Å². The van der Waals surface area contributed by atoms with Crippen LogP contribution in [-0.2, 0) is 6.54 Å². The molecule has 41 heavy (non-hydrogen) atoms. The van der Waals surface area contributed by atoms with Crippen molar-refractivity contribution in [2.45, 2.75) is 6.54 Å². The van der Waals surface area contributed by atoms with Gasteiger partial charge in [-0.2, -0.15) is 21.3 Å². The Kier molecular flexibility index (Phi) is 6.79. The molecule has 0 saturated carbocycles. The van der Waals surface area contributed by atoms with E-state index in [2.05, 4.69) is 20.0 Å². The van der Waals surface area contributed by atoms with Gasteiger partial charge in [-0.3, -0.25) is 14.3 Å². The van der Waals surface area contributed by atoms with E-state index in [0.717, 1.165) is 42.0 Å². The fourth-order valence-corrected chi connectivity index (χ4v) is 7.24. The summed E-state index contributed by atoms with van der Waals surface area (Å²) in [5.74, 6) is 1.80. The number of anilines is 3. The van der Waals surface area contributed by atoms with Crippen molar-refractivity contribution in [1.82, 2.24) is 29.0 Å². The van der Waals surface area contributed by atoms with Crippen molar-refractivity contribution in [3.63, 3.8) is 0 Å². The van der Waals surface area contributed by atoms with E-state index in [9.17, 15) is 13.6 Å². The lowest BCUT2D eigenvalue weighted by Gasteiger charge is -2.37. The summed E-state index contributed by atoms with van der Waals surface area (Å²) >= 11 is 2.90. The van der Waals surface area contributed by atoms with Gasteiger partial charge in [-0.05, 0) is 18.2 Å². The van der Waals surface area contributed by atoms with E-state index in [1.807, 2.05) is 21.6 Å². The molecule has 2 aliphatic heterocycles. The SMILES string of the molecule is Nc1nc2c(sc(=O)n2CCN2CCN(c3cc(N4CCSCC4)c(F)cc3F)CC2)c2nc(-c3ccco3)nn12. The Labute approximate surface area is 241 Å². The van der Waals surface area contributed by atoms with Crippen LogP contribution in [0.5, 0.6) is 0 Å². The molecule has 15 heteroatoms. The van der Waals surface area contributed by atoms with Crippen LogP contribution < -0.4 is 20.4 Å². The number of thioether (sulfide) groups is 1. The second-order valence-electron chi connectivity index (χ2n) is 9.97. The molecule has 0 unspecified atom stereocenters. The van der Waals surface area contributed by atoms with Gasteiger partial charge in [-0.1, -0.05) is 11.3 Å². The van der Waals surface area contributed by atoms with Gasteiger partial charge in [0, 0.05) is 69.9 Å². The van der Waals surface area contributed by atoms with E-state index < -0.39 is 11.6 Å². The molecule has 7 rings (SSSR count). The topological polar surface area (TPSA) is 114 Å². The van der Waals surface area contributed by atoms with Crippen LogP contribution in [0.15, 0.2) is 39.7 Å². The Hall–Kier alpha value is -3.69. The summed E-state index contributed by atoms with van der Waals surface area (Å²) in [6, 6.07) is 6.16. The first-order chi connectivity index (χ1) is 20.0. The first-order valence-electron chi connectivity index (χ1n) is 13.3. The number of hydrogen-bond donors (Lipinski definition) is 1. The number of nitrogen functional groups attached to an aromatic ring is 1. The van der Waals surface area contributed by atoms with E-state index in [1.54, 1.807) is 22.8 Å². The number of fused-ring (bicyclic) bond motifs is 3. The molecule has 0 atom stereocenters. The Bertz CT molecular complexity index is 1770. The van der Waals surface area contributed by atoms with Crippen molar-refractivity contribution in [1.29, 1.82) is 0 Å². The summed E-state index contributed by atoms with van der Waals surface area (Å²) in [5, 5.41) is 4.39. The van der Waals surface area contributed by atoms with Gasteiger partial charge in [-0.15, -0.1) is 5.10 Å².